The van der Waals surface area contributed by atoms with Crippen molar-refractivity contribution in [2.45, 2.75) is 26.2 Å². The molecule has 0 radical (unpaired) electrons. The molecule has 0 saturated heterocycles. The van der Waals surface area contributed by atoms with E-state index < -0.39 is 0 Å². The summed E-state index contributed by atoms with van der Waals surface area (Å²) in [5.74, 6) is 1.43. The SMILES string of the molecule is CNCCc1cc(Br)c(OC)c(C(C)C)c1. The zero-order valence-corrected chi connectivity index (χ0v) is 12.0. The quantitative estimate of drug-likeness (QED) is 0.896. The molecule has 0 bridgehead atoms. The van der Waals surface area contributed by atoms with Crippen LogP contribution in [0.5, 0.6) is 5.75 Å². The largest absolute Gasteiger partial charge is 0.495 e. The summed E-state index contributed by atoms with van der Waals surface area (Å²) >= 11 is 3.57. The monoisotopic (exact) mass is 285 g/mol. The van der Waals surface area contributed by atoms with Crippen molar-refractivity contribution in [3.8, 4) is 5.75 Å². The number of likely N-dealkylation sites (N-methyl/N-ethyl adjacent to an activating group) is 1. The second kappa shape index (κ2) is 6.26. The van der Waals surface area contributed by atoms with E-state index in [2.05, 4.69) is 47.2 Å². The van der Waals surface area contributed by atoms with Gasteiger partial charge in [0, 0.05) is 0 Å². The lowest BCUT2D eigenvalue weighted by molar-refractivity contribution is 0.404. The molecule has 3 heteroatoms. The number of halogens is 1. The Morgan fingerprint density at radius 2 is 2.06 bits per heavy atom. The number of nitrogens with one attached hydrogen (secondary N) is 1. The third-order valence-corrected chi connectivity index (χ3v) is 3.21. The molecule has 0 heterocycles. The van der Waals surface area contributed by atoms with Gasteiger partial charge in [0.1, 0.15) is 5.75 Å². The van der Waals surface area contributed by atoms with Gasteiger partial charge in [0.2, 0.25) is 0 Å². The van der Waals surface area contributed by atoms with Crippen molar-refractivity contribution in [1.29, 1.82) is 0 Å². The first kappa shape index (κ1) is 13.5. The Kier molecular flexibility index (Phi) is 5.29. The molecule has 2 nitrogen and oxygen atoms in total. The average molecular weight is 286 g/mol. The van der Waals surface area contributed by atoms with Crippen molar-refractivity contribution >= 4 is 15.9 Å². The van der Waals surface area contributed by atoms with Gasteiger partial charge < -0.3 is 10.1 Å². The molecule has 1 N–H and O–H groups in total. The molecule has 0 amide bonds. The molecule has 0 saturated carbocycles. The predicted octanol–water partition coefficient (Wildman–Crippen LogP) is 3.34. The summed E-state index contributed by atoms with van der Waals surface area (Å²) in [6, 6.07) is 4.38. The van der Waals surface area contributed by atoms with E-state index in [1.54, 1.807) is 7.11 Å². The van der Waals surface area contributed by atoms with E-state index in [1.165, 1.54) is 11.1 Å². The zero-order chi connectivity index (χ0) is 12.1. The summed E-state index contributed by atoms with van der Waals surface area (Å²) in [5.41, 5.74) is 2.61. The Hall–Kier alpha value is -0.540. The molecule has 16 heavy (non-hydrogen) atoms. The van der Waals surface area contributed by atoms with E-state index in [1.807, 2.05) is 7.05 Å². The summed E-state index contributed by atoms with van der Waals surface area (Å²) in [6.07, 6.45) is 1.04. The minimum absolute atomic E-state index is 0.473. The minimum atomic E-state index is 0.473. The fourth-order valence-corrected chi connectivity index (χ4v) is 2.42. The number of hydrogen-bond acceptors (Lipinski definition) is 2. The second-order valence-electron chi connectivity index (χ2n) is 4.21. The van der Waals surface area contributed by atoms with E-state index >= 15 is 0 Å². The molecule has 1 rings (SSSR count). The molecule has 90 valence electrons. The van der Waals surface area contributed by atoms with Gasteiger partial charge >= 0.3 is 0 Å². The normalized spacial score (nSPS) is 10.9. The summed E-state index contributed by atoms with van der Waals surface area (Å²) in [4.78, 5) is 0. The fraction of sp³-hybridized carbons (Fsp3) is 0.538. The first-order chi connectivity index (χ1) is 7.60. The van der Waals surface area contributed by atoms with Gasteiger partial charge in [-0.25, -0.2) is 0 Å². The van der Waals surface area contributed by atoms with Crippen LogP contribution in [0.25, 0.3) is 0 Å². The summed E-state index contributed by atoms with van der Waals surface area (Å²) in [5, 5.41) is 3.17. The third kappa shape index (κ3) is 3.22. The number of hydrogen-bond donors (Lipinski definition) is 1. The van der Waals surface area contributed by atoms with Gasteiger partial charge in [0.25, 0.3) is 0 Å². The number of benzene rings is 1. The van der Waals surface area contributed by atoms with Gasteiger partial charge in [-0.3, -0.25) is 0 Å². The fourth-order valence-electron chi connectivity index (χ4n) is 1.73. The Morgan fingerprint density at radius 3 is 2.56 bits per heavy atom. The average Bonchev–Trinajstić information content (AvgIpc) is 2.25. The minimum Gasteiger partial charge on any atom is -0.495 e. The van der Waals surface area contributed by atoms with Crippen LogP contribution >= 0.6 is 15.9 Å². The Bertz CT molecular complexity index is 350. The van der Waals surface area contributed by atoms with Gasteiger partial charge in [-0.2, -0.15) is 0 Å². The van der Waals surface area contributed by atoms with E-state index in [-0.39, 0.29) is 0 Å². The van der Waals surface area contributed by atoms with Crippen LogP contribution in [0.2, 0.25) is 0 Å². The molecule has 0 aromatic heterocycles. The third-order valence-electron chi connectivity index (χ3n) is 2.62. The molecule has 0 fully saturated rings. The zero-order valence-electron chi connectivity index (χ0n) is 10.4. The Labute approximate surface area is 107 Å². The number of rotatable bonds is 5. The Morgan fingerprint density at radius 1 is 1.38 bits per heavy atom. The maximum atomic E-state index is 5.43. The molecule has 1 aromatic carbocycles. The van der Waals surface area contributed by atoms with Crippen LogP contribution in [-0.4, -0.2) is 20.7 Å². The lowest BCUT2D eigenvalue weighted by atomic mass is 9.98. The van der Waals surface area contributed by atoms with Gasteiger partial charge in [-0.05, 0) is 59.1 Å². The highest BCUT2D eigenvalue weighted by Gasteiger charge is 2.12. The lowest BCUT2D eigenvalue weighted by Crippen LogP contribution is -2.10. The maximum absolute atomic E-state index is 5.43. The first-order valence-corrected chi connectivity index (χ1v) is 6.40. The highest BCUT2D eigenvalue weighted by atomic mass is 79.9. The Balaban J connectivity index is 3.07. The highest BCUT2D eigenvalue weighted by Crippen LogP contribution is 2.35. The molecule has 1 aromatic rings. The predicted molar refractivity (Wildman–Crippen MR) is 72.4 cm³/mol. The van der Waals surface area contributed by atoms with Gasteiger partial charge in [-0.15, -0.1) is 0 Å². The topological polar surface area (TPSA) is 21.3 Å². The summed E-state index contributed by atoms with van der Waals surface area (Å²) in [7, 11) is 3.70. The van der Waals surface area contributed by atoms with Crippen LogP contribution in [0.15, 0.2) is 16.6 Å². The van der Waals surface area contributed by atoms with Crippen molar-refractivity contribution in [2.75, 3.05) is 20.7 Å². The van der Waals surface area contributed by atoms with Crippen LogP contribution in [0, 0.1) is 0 Å². The van der Waals surface area contributed by atoms with E-state index in [0.29, 0.717) is 5.92 Å². The molecule has 0 aliphatic rings. The highest BCUT2D eigenvalue weighted by molar-refractivity contribution is 9.10. The van der Waals surface area contributed by atoms with Gasteiger partial charge in [-0.1, -0.05) is 19.9 Å². The standard InChI is InChI=1S/C13H20BrNO/c1-9(2)11-7-10(5-6-15-3)8-12(14)13(11)16-4/h7-9,15H,5-6H2,1-4H3. The molecule has 0 atom stereocenters. The molecule has 0 spiro atoms. The van der Waals surface area contributed by atoms with E-state index in [0.717, 1.165) is 23.2 Å². The second-order valence-corrected chi connectivity index (χ2v) is 5.06. The van der Waals surface area contributed by atoms with Crippen LogP contribution in [0.3, 0.4) is 0 Å². The van der Waals surface area contributed by atoms with Crippen molar-refractivity contribution in [1.82, 2.24) is 5.32 Å². The van der Waals surface area contributed by atoms with Crippen LogP contribution < -0.4 is 10.1 Å². The lowest BCUT2D eigenvalue weighted by Gasteiger charge is -2.15. The summed E-state index contributed by atoms with van der Waals surface area (Å²) < 4.78 is 6.48. The van der Waals surface area contributed by atoms with Crippen LogP contribution in [0.1, 0.15) is 30.9 Å². The van der Waals surface area contributed by atoms with Crippen molar-refractivity contribution in [2.24, 2.45) is 0 Å². The van der Waals surface area contributed by atoms with Crippen molar-refractivity contribution in [3.05, 3.63) is 27.7 Å². The van der Waals surface area contributed by atoms with Crippen molar-refractivity contribution < 1.29 is 4.74 Å². The smallest absolute Gasteiger partial charge is 0.136 e. The van der Waals surface area contributed by atoms with E-state index in [4.69, 9.17) is 4.74 Å². The van der Waals surface area contributed by atoms with Gasteiger partial charge in [0.05, 0.1) is 11.6 Å². The van der Waals surface area contributed by atoms with Gasteiger partial charge in [0.15, 0.2) is 0 Å². The van der Waals surface area contributed by atoms with Crippen LogP contribution in [0.4, 0.5) is 0 Å². The number of ether oxygens (including phenoxy) is 1. The molecular formula is C13H20BrNO. The molecular weight excluding hydrogens is 266 g/mol. The molecule has 0 aliphatic heterocycles. The first-order valence-electron chi connectivity index (χ1n) is 5.61. The van der Waals surface area contributed by atoms with Crippen LogP contribution in [-0.2, 0) is 6.42 Å². The maximum Gasteiger partial charge on any atom is 0.136 e. The summed E-state index contributed by atoms with van der Waals surface area (Å²) in [6.45, 7) is 5.37. The molecule has 0 unspecified atom stereocenters. The molecule has 0 aliphatic carbocycles. The number of methoxy groups -OCH3 is 1. The van der Waals surface area contributed by atoms with Crippen molar-refractivity contribution in [3.63, 3.8) is 0 Å². The van der Waals surface area contributed by atoms with E-state index in [9.17, 15) is 0 Å².